The Hall–Kier alpha value is -4.15. The van der Waals surface area contributed by atoms with E-state index in [0.717, 1.165) is 80.1 Å². The fourth-order valence-corrected chi connectivity index (χ4v) is 5.88. The number of nitrogens with one attached hydrogen (secondary N) is 1. The molecule has 6 heterocycles. The zero-order chi connectivity index (χ0) is 27.0. The number of amides is 1. The van der Waals surface area contributed by atoms with Gasteiger partial charge in [0.2, 0.25) is 11.9 Å². The maximum atomic E-state index is 13.9. The number of rotatable bonds is 6. The van der Waals surface area contributed by atoms with E-state index in [1.165, 1.54) is 10.9 Å². The number of aromatic amines is 1. The van der Waals surface area contributed by atoms with Crippen LogP contribution in [-0.4, -0.2) is 65.4 Å². The first-order valence-corrected chi connectivity index (χ1v) is 13.5. The predicted molar refractivity (Wildman–Crippen MR) is 143 cm³/mol. The molecule has 4 aromatic heterocycles. The number of carbonyl (C=O) groups excluding carboxylic acids is 1. The highest BCUT2D eigenvalue weighted by Crippen LogP contribution is 2.43. The molecule has 11 heteroatoms. The number of carbonyl (C=O) groups is 1. The molecule has 1 N–H and O–H groups in total. The van der Waals surface area contributed by atoms with Crippen LogP contribution in [0, 0.1) is 18.2 Å². The van der Waals surface area contributed by atoms with Gasteiger partial charge in [-0.2, -0.15) is 10.2 Å². The lowest BCUT2D eigenvalue weighted by Crippen LogP contribution is -2.54. The second kappa shape index (κ2) is 10.2. The second-order valence-corrected chi connectivity index (χ2v) is 10.7. The van der Waals surface area contributed by atoms with Crippen molar-refractivity contribution in [3.8, 4) is 5.82 Å². The van der Waals surface area contributed by atoms with Crippen molar-refractivity contribution in [1.29, 1.82) is 0 Å². The van der Waals surface area contributed by atoms with Crippen molar-refractivity contribution >= 4 is 11.9 Å². The minimum atomic E-state index is -0.409. The monoisotopic (exact) mass is 529 g/mol. The quantitative estimate of drug-likeness (QED) is 0.405. The number of aryl methyl sites for hydroxylation is 1. The van der Waals surface area contributed by atoms with Gasteiger partial charge in [0.05, 0.1) is 29.5 Å². The van der Waals surface area contributed by atoms with Crippen molar-refractivity contribution in [2.75, 3.05) is 24.5 Å². The molecule has 6 rings (SSSR count). The van der Waals surface area contributed by atoms with Gasteiger partial charge in [0.1, 0.15) is 0 Å². The summed E-state index contributed by atoms with van der Waals surface area (Å²) in [4.78, 5) is 32.2. The van der Waals surface area contributed by atoms with Crippen molar-refractivity contribution < 1.29 is 9.18 Å². The van der Waals surface area contributed by atoms with Gasteiger partial charge in [-0.3, -0.25) is 9.89 Å². The third kappa shape index (κ3) is 5.00. The molecule has 2 saturated heterocycles. The molecular weight excluding hydrogens is 497 g/mol. The third-order valence-corrected chi connectivity index (χ3v) is 8.10. The molecule has 0 aromatic carbocycles. The molecule has 202 valence electrons. The molecule has 0 radical (unpaired) electrons. The number of H-pyrrole nitrogens is 1. The Morgan fingerprint density at radius 1 is 1.10 bits per heavy atom. The van der Waals surface area contributed by atoms with Crippen LogP contribution < -0.4 is 4.90 Å². The van der Waals surface area contributed by atoms with E-state index in [1.807, 2.05) is 36.1 Å². The number of hydrogen-bond acceptors (Lipinski definition) is 7. The summed E-state index contributed by atoms with van der Waals surface area (Å²) in [5.74, 6) is 1.09. The molecule has 1 spiro atoms. The summed E-state index contributed by atoms with van der Waals surface area (Å²) in [6.45, 7) is 6.27. The van der Waals surface area contributed by atoms with Crippen LogP contribution in [0.3, 0.4) is 0 Å². The van der Waals surface area contributed by atoms with Gasteiger partial charge in [0, 0.05) is 49.8 Å². The number of likely N-dealkylation sites (tertiary alicyclic amines) is 1. The van der Waals surface area contributed by atoms with E-state index in [0.29, 0.717) is 12.2 Å². The summed E-state index contributed by atoms with van der Waals surface area (Å²) in [7, 11) is 0. The smallest absolute Gasteiger partial charge is 0.229 e. The van der Waals surface area contributed by atoms with Crippen LogP contribution in [0.1, 0.15) is 61.3 Å². The number of anilines is 1. The van der Waals surface area contributed by atoms with Crippen LogP contribution in [0.2, 0.25) is 0 Å². The molecule has 0 unspecified atom stereocenters. The minimum Gasteiger partial charge on any atom is -0.341 e. The number of piperidine rings is 2. The van der Waals surface area contributed by atoms with E-state index in [1.54, 1.807) is 12.4 Å². The third-order valence-electron chi connectivity index (χ3n) is 8.10. The van der Waals surface area contributed by atoms with Crippen LogP contribution in [0.15, 0.2) is 49.1 Å². The Balaban J connectivity index is 1.13. The summed E-state index contributed by atoms with van der Waals surface area (Å²) in [6.07, 6.45) is 10.1. The first-order chi connectivity index (χ1) is 18.9. The first kappa shape index (κ1) is 25.1. The molecule has 2 aliphatic rings. The largest absolute Gasteiger partial charge is 0.341 e. The van der Waals surface area contributed by atoms with Crippen LogP contribution in [0.4, 0.5) is 10.3 Å². The molecule has 0 bridgehead atoms. The topological polar surface area (TPSA) is 109 Å². The Labute approximate surface area is 226 Å². The number of pyridine rings is 1. The second-order valence-electron chi connectivity index (χ2n) is 10.7. The standard InChI is InChI=1S/C28H32FN9O/c1-19-14-24(15-23-6-10-31-35-23)34-27(33-19)36-12-8-28(9-13-36)7-3-11-37(26(28)39)20(2)21-4-5-25(30-16-21)38-18-22(29)17-32-38/h4-6,10,14,16-18,20H,3,7-9,11-13,15H2,1-2H3,(H,31,35)/t20-/m0/s1. The van der Waals surface area contributed by atoms with E-state index in [4.69, 9.17) is 9.97 Å². The van der Waals surface area contributed by atoms with Crippen LogP contribution in [0.5, 0.6) is 0 Å². The predicted octanol–water partition coefficient (Wildman–Crippen LogP) is 3.79. The lowest BCUT2D eigenvalue weighted by Gasteiger charge is -2.48. The summed E-state index contributed by atoms with van der Waals surface area (Å²) in [5, 5.41) is 11.0. The molecule has 1 amide bonds. The van der Waals surface area contributed by atoms with Gasteiger partial charge in [-0.15, -0.1) is 0 Å². The normalized spacial score (nSPS) is 18.1. The Kier molecular flexibility index (Phi) is 6.58. The van der Waals surface area contributed by atoms with Crippen molar-refractivity contribution in [3.63, 3.8) is 0 Å². The molecule has 0 aliphatic carbocycles. The molecule has 2 aliphatic heterocycles. The van der Waals surface area contributed by atoms with Crippen molar-refractivity contribution in [3.05, 3.63) is 77.5 Å². The number of halogens is 1. The summed E-state index contributed by atoms with van der Waals surface area (Å²) < 4.78 is 14.7. The highest BCUT2D eigenvalue weighted by molar-refractivity contribution is 5.84. The molecular formula is C28H32FN9O. The fraction of sp³-hybridized carbons (Fsp3) is 0.429. The summed E-state index contributed by atoms with van der Waals surface area (Å²) >= 11 is 0. The van der Waals surface area contributed by atoms with Gasteiger partial charge in [-0.25, -0.2) is 24.0 Å². The van der Waals surface area contributed by atoms with Crippen LogP contribution in [-0.2, 0) is 11.2 Å². The van der Waals surface area contributed by atoms with E-state index in [-0.39, 0.29) is 17.4 Å². The van der Waals surface area contributed by atoms with Gasteiger partial charge in [0.15, 0.2) is 11.6 Å². The Bertz CT molecular complexity index is 1440. The lowest BCUT2D eigenvalue weighted by molar-refractivity contribution is -0.150. The number of hydrogen-bond donors (Lipinski definition) is 1. The van der Waals surface area contributed by atoms with Gasteiger partial charge in [0.25, 0.3) is 0 Å². The Morgan fingerprint density at radius 2 is 1.95 bits per heavy atom. The Morgan fingerprint density at radius 3 is 2.64 bits per heavy atom. The first-order valence-electron chi connectivity index (χ1n) is 13.5. The van der Waals surface area contributed by atoms with Gasteiger partial charge < -0.3 is 9.80 Å². The van der Waals surface area contributed by atoms with Crippen molar-refractivity contribution in [2.45, 2.75) is 52.0 Å². The molecule has 2 fully saturated rings. The summed E-state index contributed by atoms with van der Waals surface area (Å²) in [6, 6.07) is 7.61. The maximum absolute atomic E-state index is 13.9. The fourth-order valence-electron chi connectivity index (χ4n) is 5.88. The number of aromatic nitrogens is 7. The SMILES string of the molecule is Cc1cc(Cc2ccn[nH]2)nc(N2CCC3(CCCN([C@@H](C)c4ccc(-n5cc(F)cn5)nc4)C3=O)CC2)n1. The van der Waals surface area contributed by atoms with E-state index in [2.05, 4.69) is 32.1 Å². The maximum Gasteiger partial charge on any atom is 0.229 e. The number of nitrogens with zero attached hydrogens (tertiary/aromatic N) is 8. The minimum absolute atomic E-state index is 0.103. The lowest BCUT2D eigenvalue weighted by atomic mass is 9.71. The molecule has 4 aromatic rings. The zero-order valence-electron chi connectivity index (χ0n) is 22.2. The van der Waals surface area contributed by atoms with Crippen LogP contribution >= 0.6 is 0 Å². The molecule has 10 nitrogen and oxygen atoms in total. The molecule has 0 saturated carbocycles. The zero-order valence-corrected chi connectivity index (χ0v) is 22.2. The molecule has 1 atom stereocenters. The highest BCUT2D eigenvalue weighted by atomic mass is 19.1. The van der Waals surface area contributed by atoms with Gasteiger partial charge in [-0.05, 0) is 63.3 Å². The van der Waals surface area contributed by atoms with Crippen molar-refractivity contribution in [1.82, 2.24) is 39.8 Å². The van der Waals surface area contributed by atoms with Gasteiger partial charge >= 0.3 is 0 Å². The van der Waals surface area contributed by atoms with Crippen molar-refractivity contribution in [2.24, 2.45) is 5.41 Å². The van der Waals surface area contributed by atoms with Crippen LogP contribution in [0.25, 0.3) is 5.82 Å². The average Bonchev–Trinajstić information content (AvgIpc) is 3.62. The highest BCUT2D eigenvalue weighted by Gasteiger charge is 2.47. The van der Waals surface area contributed by atoms with E-state index in [9.17, 15) is 9.18 Å². The van der Waals surface area contributed by atoms with E-state index < -0.39 is 5.82 Å². The average molecular weight is 530 g/mol. The van der Waals surface area contributed by atoms with E-state index >= 15 is 0 Å². The molecule has 39 heavy (non-hydrogen) atoms. The van der Waals surface area contributed by atoms with Gasteiger partial charge in [-0.1, -0.05) is 6.07 Å². The summed E-state index contributed by atoms with van der Waals surface area (Å²) in [5.41, 5.74) is 3.49.